The molecule has 0 aliphatic carbocycles. The smallest absolute Gasteiger partial charge is 0.236 e. The van der Waals surface area contributed by atoms with Gasteiger partial charge in [0.05, 0.1) is 23.3 Å². The Morgan fingerprint density at radius 3 is 2.15 bits per heavy atom. The van der Waals surface area contributed by atoms with Crippen molar-refractivity contribution < 1.29 is 16.8 Å². The third-order valence-corrected chi connectivity index (χ3v) is 5.91. The van der Waals surface area contributed by atoms with Crippen molar-refractivity contribution in [3.8, 4) is 0 Å². The van der Waals surface area contributed by atoms with Crippen LogP contribution in [0.5, 0.6) is 0 Å². The van der Waals surface area contributed by atoms with Crippen molar-refractivity contribution in [2.75, 3.05) is 49.3 Å². The molecular weight excluding hydrogens is 386 g/mol. The summed E-state index contributed by atoms with van der Waals surface area (Å²) in [7, 11) is -3.73. The molecule has 0 fully saturated rings. The second kappa shape index (κ2) is 8.28. The lowest BCUT2D eigenvalue weighted by Crippen LogP contribution is -2.27. The van der Waals surface area contributed by atoms with Crippen LogP contribution in [0.1, 0.15) is 0 Å². The Morgan fingerprint density at radius 1 is 1.00 bits per heavy atom. The van der Waals surface area contributed by atoms with Crippen molar-refractivity contribution in [2.24, 2.45) is 0 Å². The molecule has 0 spiro atoms. The first-order valence-electron chi connectivity index (χ1n) is 8.20. The van der Waals surface area contributed by atoms with Crippen molar-refractivity contribution >= 4 is 36.9 Å². The fourth-order valence-corrected chi connectivity index (χ4v) is 4.68. The van der Waals surface area contributed by atoms with E-state index < -0.39 is 19.9 Å². The number of anilines is 3. The molecule has 9 heteroatoms. The Hall–Kier alpha value is -2.10. The standard InChI is InChI=1S/C18H24N3O4S2/c1-20(2)14-13-19-16-11-8-12-17(18(16)26(3,22)23)21(27(4,24)25)15-9-6-5-7-10-15/h5-11,19H,13-14H2,1-4H3. The number of para-hydroxylation sites is 1. The van der Waals surface area contributed by atoms with E-state index in [1.54, 1.807) is 36.4 Å². The Kier molecular flexibility index (Phi) is 6.50. The lowest BCUT2D eigenvalue weighted by atomic mass is 10.2. The molecule has 0 atom stereocenters. The summed E-state index contributed by atoms with van der Waals surface area (Å²) in [5.41, 5.74) is 0.658. The highest BCUT2D eigenvalue weighted by atomic mass is 32.2. The number of hydrogen-bond donors (Lipinski definition) is 1. The maximum Gasteiger partial charge on any atom is 0.236 e. The van der Waals surface area contributed by atoms with Crippen LogP contribution in [-0.4, -0.2) is 61.4 Å². The van der Waals surface area contributed by atoms with Crippen molar-refractivity contribution in [1.82, 2.24) is 4.90 Å². The molecule has 147 valence electrons. The number of benzene rings is 2. The van der Waals surface area contributed by atoms with Crippen LogP contribution in [-0.2, 0) is 19.9 Å². The first kappa shape index (κ1) is 21.2. The topological polar surface area (TPSA) is 86.8 Å². The highest BCUT2D eigenvalue weighted by Gasteiger charge is 2.28. The molecule has 7 nitrogen and oxygen atoms in total. The lowest BCUT2D eigenvalue weighted by Gasteiger charge is -2.25. The van der Waals surface area contributed by atoms with E-state index in [2.05, 4.69) is 11.4 Å². The van der Waals surface area contributed by atoms with E-state index in [1.807, 2.05) is 19.0 Å². The second-order valence-electron chi connectivity index (χ2n) is 6.43. The first-order valence-corrected chi connectivity index (χ1v) is 11.9. The van der Waals surface area contributed by atoms with Gasteiger partial charge in [0, 0.05) is 25.4 Å². The Labute approximate surface area is 161 Å². The zero-order valence-electron chi connectivity index (χ0n) is 15.8. The summed E-state index contributed by atoms with van der Waals surface area (Å²) in [5, 5.41) is 3.09. The summed E-state index contributed by atoms with van der Waals surface area (Å²) in [6, 6.07) is 14.2. The molecule has 0 unspecified atom stereocenters. The highest BCUT2D eigenvalue weighted by Crippen LogP contribution is 2.37. The van der Waals surface area contributed by atoms with Gasteiger partial charge in [-0.3, -0.25) is 0 Å². The van der Waals surface area contributed by atoms with Gasteiger partial charge < -0.3 is 10.2 Å². The average Bonchev–Trinajstić information content (AvgIpc) is 2.53. The van der Waals surface area contributed by atoms with E-state index in [-0.39, 0.29) is 10.6 Å². The van der Waals surface area contributed by atoms with Gasteiger partial charge in [0.25, 0.3) is 0 Å². The number of sulfonamides is 1. The number of sulfone groups is 1. The van der Waals surface area contributed by atoms with E-state index >= 15 is 0 Å². The molecule has 1 radical (unpaired) electrons. The molecule has 2 rings (SSSR count). The molecule has 0 saturated heterocycles. The first-order chi connectivity index (χ1) is 12.5. The van der Waals surface area contributed by atoms with Crippen LogP contribution in [0.25, 0.3) is 0 Å². The summed E-state index contributed by atoms with van der Waals surface area (Å²) in [6.45, 7) is 1.19. The molecule has 0 aliphatic rings. The second-order valence-corrected chi connectivity index (χ2v) is 10.2. The Morgan fingerprint density at radius 2 is 1.63 bits per heavy atom. The quantitative estimate of drug-likeness (QED) is 0.716. The number of rotatable bonds is 8. The largest absolute Gasteiger partial charge is 0.383 e. The minimum atomic E-state index is -3.80. The lowest BCUT2D eigenvalue weighted by molar-refractivity contribution is 0.425. The fourth-order valence-electron chi connectivity index (χ4n) is 2.60. The van der Waals surface area contributed by atoms with Crippen molar-refractivity contribution in [1.29, 1.82) is 0 Å². The summed E-state index contributed by atoms with van der Waals surface area (Å²) in [6.07, 6.45) is 2.09. The number of hydrogen-bond acceptors (Lipinski definition) is 6. The number of likely N-dealkylation sites (N-methyl/N-ethyl adjacent to an activating group) is 1. The van der Waals surface area contributed by atoms with Crippen LogP contribution in [0.15, 0.2) is 47.4 Å². The predicted octanol–water partition coefficient (Wildman–Crippen LogP) is 1.96. The summed E-state index contributed by atoms with van der Waals surface area (Å²) >= 11 is 0. The Balaban J connectivity index is 2.67. The maximum atomic E-state index is 12.5. The number of nitrogens with zero attached hydrogens (tertiary/aromatic N) is 2. The minimum Gasteiger partial charge on any atom is -0.383 e. The molecule has 0 amide bonds. The van der Waals surface area contributed by atoms with Crippen LogP contribution >= 0.6 is 0 Å². The summed E-state index contributed by atoms with van der Waals surface area (Å²) < 4.78 is 51.1. The van der Waals surface area contributed by atoms with Crippen LogP contribution in [0.2, 0.25) is 0 Å². The summed E-state index contributed by atoms with van der Waals surface area (Å²) in [5.74, 6) is 0. The average molecular weight is 411 g/mol. The van der Waals surface area contributed by atoms with Crippen molar-refractivity contribution in [3.63, 3.8) is 0 Å². The van der Waals surface area contributed by atoms with E-state index in [9.17, 15) is 16.8 Å². The van der Waals surface area contributed by atoms with Gasteiger partial charge >= 0.3 is 0 Å². The van der Waals surface area contributed by atoms with E-state index in [0.29, 0.717) is 24.5 Å². The van der Waals surface area contributed by atoms with Crippen molar-refractivity contribution in [2.45, 2.75) is 4.90 Å². The molecule has 0 aromatic heterocycles. The minimum absolute atomic E-state index is 0.0268. The molecule has 0 heterocycles. The van der Waals surface area contributed by atoms with Gasteiger partial charge in [-0.1, -0.05) is 24.3 Å². The molecule has 1 N–H and O–H groups in total. The Bertz CT molecular complexity index is 989. The number of nitrogens with one attached hydrogen (secondary N) is 1. The van der Waals surface area contributed by atoms with Gasteiger partial charge in [-0.15, -0.1) is 0 Å². The normalized spacial score (nSPS) is 12.2. The van der Waals surface area contributed by atoms with Crippen molar-refractivity contribution in [3.05, 3.63) is 48.5 Å². The molecule has 0 bridgehead atoms. The molecule has 0 saturated carbocycles. The SMILES string of the molecule is CN(C)CCNc1cc[c]c(N(c2ccccc2)S(C)(=O)=O)c1S(C)(=O)=O. The highest BCUT2D eigenvalue weighted by molar-refractivity contribution is 7.93. The molecule has 27 heavy (non-hydrogen) atoms. The molecule has 2 aromatic rings. The van der Waals surface area contributed by atoms with Crippen LogP contribution in [0.3, 0.4) is 0 Å². The molecule has 0 aliphatic heterocycles. The van der Waals surface area contributed by atoms with Gasteiger partial charge in [0.2, 0.25) is 10.0 Å². The third kappa shape index (κ3) is 5.44. The predicted molar refractivity (Wildman–Crippen MR) is 109 cm³/mol. The van der Waals surface area contributed by atoms with Crippen LogP contribution in [0.4, 0.5) is 17.1 Å². The zero-order chi connectivity index (χ0) is 20.2. The van der Waals surface area contributed by atoms with Gasteiger partial charge in [-0.05, 0) is 32.3 Å². The fraction of sp³-hybridized carbons (Fsp3) is 0.333. The molecule has 2 aromatic carbocycles. The van der Waals surface area contributed by atoms with Gasteiger partial charge in [0.15, 0.2) is 9.84 Å². The van der Waals surface area contributed by atoms with Crippen LogP contribution < -0.4 is 9.62 Å². The third-order valence-electron chi connectivity index (χ3n) is 3.70. The summed E-state index contributed by atoms with van der Waals surface area (Å²) in [4.78, 5) is 1.86. The van der Waals surface area contributed by atoms with Gasteiger partial charge in [-0.25, -0.2) is 21.1 Å². The van der Waals surface area contributed by atoms with E-state index in [0.717, 1.165) is 16.8 Å². The van der Waals surface area contributed by atoms with E-state index in [4.69, 9.17) is 0 Å². The van der Waals surface area contributed by atoms with E-state index in [1.165, 1.54) is 6.07 Å². The molecular formula is C18H24N3O4S2. The van der Waals surface area contributed by atoms with Crippen LogP contribution in [0, 0.1) is 6.07 Å². The van der Waals surface area contributed by atoms with Gasteiger partial charge in [0.1, 0.15) is 4.90 Å². The maximum absolute atomic E-state index is 12.5. The van der Waals surface area contributed by atoms with Gasteiger partial charge in [-0.2, -0.15) is 0 Å². The zero-order valence-corrected chi connectivity index (χ0v) is 17.4. The monoisotopic (exact) mass is 410 g/mol.